The van der Waals surface area contributed by atoms with Crippen LogP contribution in [0.15, 0.2) is 42.5 Å². The lowest BCUT2D eigenvalue weighted by Gasteiger charge is -2.14. The monoisotopic (exact) mass is 291 g/mol. The first kappa shape index (κ1) is 15.4. The SMILES string of the molecule is CC(C)c1ccc(C(O)CNc2cc(F)cc(F)c2)cc1. The summed E-state index contributed by atoms with van der Waals surface area (Å²) < 4.78 is 26.1. The van der Waals surface area contributed by atoms with E-state index in [-0.39, 0.29) is 6.54 Å². The lowest BCUT2D eigenvalue weighted by Crippen LogP contribution is -2.12. The molecule has 4 heteroatoms. The topological polar surface area (TPSA) is 32.3 Å². The molecule has 1 unspecified atom stereocenters. The lowest BCUT2D eigenvalue weighted by atomic mass is 10.00. The van der Waals surface area contributed by atoms with Crippen LogP contribution in [0.3, 0.4) is 0 Å². The number of aliphatic hydroxyl groups is 1. The fourth-order valence-electron chi connectivity index (χ4n) is 2.09. The van der Waals surface area contributed by atoms with Gasteiger partial charge in [-0.2, -0.15) is 0 Å². The van der Waals surface area contributed by atoms with E-state index in [0.717, 1.165) is 11.6 Å². The van der Waals surface area contributed by atoms with Gasteiger partial charge in [0.05, 0.1) is 6.10 Å². The van der Waals surface area contributed by atoms with Gasteiger partial charge in [-0.1, -0.05) is 38.1 Å². The van der Waals surface area contributed by atoms with Crippen molar-refractivity contribution in [2.45, 2.75) is 25.9 Å². The summed E-state index contributed by atoms with van der Waals surface area (Å²) in [5, 5.41) is 12.9. The van der Waals surface area contributed by atoms with Crippen molar-refractivity contribution in [3.63, 3.8) is 0 Å². The highest BCUT2D eigenvalue weighted by Crippen LogP contribution is 2.20. The zero-order chi connectivity index (χ0) is 15.4. The van der Waals surface area contributed by atoms with Crippen molar-refractivity contribution in [1.29, 1.82) is 0 Å². The molecule has 0 aliphatic rings. The van der Waals surface area contributed by atoms with E-state index in [1.807, 2.05) is 24.3 Å². The van der Waals surface area contributed by atoms with Gasteiger partial charge in [0.2, 0.25) is 0 Å². The van der Waals surface area contributed by atoms with E-state index < -0.39 is 17.7 Å². The quantitative estimate of drug-likeness (QED) is 0.864. The summed E-state index contributed by atoms with van der Waals surface area (Å²) in [6.07, 6.45) is -0.738. The highest BCUT2D eigenvalue weighted by atomic mass is 19.1. The van der Waals surface area contributed by atoms with E-state index in [1.54, 1.807) is 0 Å². The minimum atomic E-state index is -0.738. The molecule has 2 N–H and O–H groups in total. The second kappa shape index (κ2) is 6.68. The number of rotatable bonds is 5. The van der Waals surface area contributed by atoms with Gasteiger partial charge < -0.3 is 10.4 Å². The minimum Gasteiger partial charge on any atom is -0.387 e. The van der Waals surface area contributed by atoms with Crippen LogP contribution in [0.5, 0.6) is 0 Å². The van der Waals surface area contributed by atoms with Gasteiger partial charge in [0, 0.05) is 18.3 Å². The predicted octanol–water partition coefficient (Wildman–Crippen LogP) is 4.23. The lowest BCUT2D eigenvalue weighted by molar-refractivity contribution is 0.191. The number of halogens is 2. The van der Waals surface area contributed by atoms with Gasteiger partial charge >= 0.3 is 0 Å². The molecule has 0 saturated heterocycles. The Kier molecular flexibility index (Phi) is 4.91. The van der Waals surface area contributed by atoms with Crippen LogP contribution in [0.1, 0.15) is 37.0 Å². The number of hydrogen-bond acceptors (Lipinski definition) is 2. The van der Waals surface area contributed by atoms with Gasteiger partial charge in [0.25, 0.3) is 0 Å². The first-order valence-electron chi connectivity index (χ1n) is 6.93. The van der Waals surface area contributed by atoms with E-state index in [1.165, 1.54) is 17.7 Å². The Hall–Kier alpha value is -1.94. The Bertz CT molecular complexity index is 576. The Labute approximate surface area is 123 Å². The summed E-state index contributed by atoms with van der Waals surface area (Å²) in [6, 6.07) is 10.9. The smallest absolute Gasteiger partial charge is 0.128 e. The van der Waals surface area contributed by atoms with E-state index in [2.05, 4.69) is 19.2 Å². The van der Waals surface area contributed by atoms with Gasteiger partial charge in [-0.15, -0.1) is 0 Å². The normalized spacial score (nSPS) is 12.5. The Morgan fingerprint density at radius 1 is 0.952 bits per heavy atom. The van der Waals surface area contributed by atoms with Crippen molar-refractivity contribution in [3.05, 3.63) is 65.2 Å². The summed E-state index contributed by atoms with van der Waals surface area (Å²) in [5.74, 6) is -0.855. The molecule has 0 aliphatic carbocycles. The molecule has 0 radical (unpaired) electrons. The molecule has 0 aromatic heterocycles. The molecule has 2 aromatic rings. The van der Waals surface area contributed by atoms with Gasteiger partial charge in [-0.3, -0.25) is 0 Å². The van der Waals surface area contributed by atoms with Crippen LogP contribution in [0.25, 0.3) is 0 Å². The zero-order valence-corrected chi connectivity index (χ0v) is 12.1. The summed E-state index contributed by atoms with van der Waals surface area (Å²) in [6.45, 7) is 4.39. The maximum Gasteiger partial charge on any atom is 0.128 e. The van der Waals surface area contributed by atoms with Crippen LogP contribution in [0.4, 0.5) is 14.5 Å². The third kappa shape index (κ3) is 4.26. The summed E-state index contributed by atoms with van der Waals surface area (Å²) in [7, 11) is 0. The molecule has 2 aromatic carbocycles. The van der Waals surface area contributed by atoms with Crippen molar-refractivity contribution in [3.8, 4) is 0 Å². The number of hydrogen-bond donors (Lipinski definition) is 2. The molecule has 112 valence electrons. The molecule has 0 bridgehead atoms. The maximum atomic E-state index is 13.1. The largest absolute Gasteiger partial charge is 0.387 e. The first-order chi connectivity index (χ1) is 9.95. The molecule has 0 aliphatic heterocycles. The van der Waals surface area contributed by atoms with Crippen LogP contribution in [-0.2, 0) is 0 Å². The summed E-state index contributed by atoms with van der Waals surface area (Å²) >= 11 is 0. The Morgan fingerprint density at radius 2 is 1.48 bits per heavy atom. The fraction of sp³-hybridized carbons (Fsp3) is 0.294. The standard InChI is InChI=1S/C17H19F2NO/c1-11(2)12-3-5-13(6-4-12)17(21)10-20-16-8-14(18)7-15(19)9-16/h3-9,11,17,20-21H,10H2,1-2H3. The third-order valence-corrected chi connectivity index (χ3v) is 3.35. The number of anilines is 1. The van der Waals surface area contributed by atoms with Crippen LogP contribution in [-0.4, -0.2) is 11.7 Å². The van der Waals surface area contributed by atoms with Gasteiger partial charge in [0.1, 0.15) is 11.6 Å². The fourth-order valence-corrected chi connectivity index (χ4v) is 2.09. The van der Waals surface area contributed by atoms with Crippen molar-refractivity contribution >= 4 is 5.69 Å². The van der Waals surface area contributed by atoms with E-state index in [4.69, 9.17) is 0 Å². The first-order valence-corrected chi connectivity index (χ1v) is 6.93. The summed E-state index contributed by atoms with van der Waals surface area (Å²) in [5.41, 5.74) is 2.28. The molecule has 0 heterocycles. The van der Waals surface area contributed by atoms with Crippen LogP contribution in [0, 0.1) is 11.6 Å². The molecule has 0 spiro atoms. The van der Waals surface area contributed by atoms with Gasteiger partial charge in [-0.25, -0.2) is 8.78 Å². The highest BCUT2D eigenvalue weighted by Gasteiger charge is 2.09. The highest BCUT2D eigenvalue weighted by molar-refractivity contribution is 5.44. The van der Waals surface area contributed by atoms with Gasteiger partial charge in [0.15, 0.2) is 0 Å². The van der Waals surface area contributed by atoms with Crippen molar-refractivity contribution in [1.82, 2.24) is 0 Å². The van der Waals surface area contributed by atoms with E-state index >= 15 is 0 Å². The maximum absolute atomic E-state index is 13.1. The second-order valence-electron chi connectivity index (χ2n) is 5.38. The van der Waals surface area contributed by atoms with Crippen LogP contribution in [0.2, 0.25) is 0 Å². The van der Waals surface area contributed by atoms with E-state index in [9.17, 15) is 13.9 Å². The van der Waals surface area contributed by atoms with Crippen molar-refractivity contribution in [2.75, 3.05) is 11.9 Å². The molecule has 21 heavy (non-hydrogen) atoms. The average molecular weight is 291 g/mol. The number of benzene rings is 2. The Balaban J connectivity index is 1.99. The van der Waals surface area contributed by atoms with Crippen LogP contribution < -0.4 is 5.32 Å². The molecular formula is C17H19F2NO. The summed E-state index contributed by atoms with van der Waals surface area (Å²) in [4.78, 5) is 0. The molecule has 2 rings (SSSR count). The molecule has 0 amide bonds. The average Bonchev–Trinajstić information content (AvgIpc) is 2.44. The van der Waals surface area contributed by atoms with Crippen molar-refractivity contribution in [2.24, 2.45) is 0 Å². The minimum absolute atomic E-state index is 0.184. The number of nitrogens with one attached hydrogen (secondary N) is 1. The molecular weight excluding hydrogens is 272 g/mol. The molecule has 2 nitrogen and oxygen atoms in total. The molecule has 1 atom stereocenters. The predicted molar refractivity (Wildman–Crippen MR) is 80.3 cm³/mol. The molecule has 0 fully saturated rings. The van der Waals surface area contributed by atoms with Gasteiger partial charge in [-0.05, 0) is 29.2 Å². The molecule has 0 saturated carbocycles. The van der Waals surface area contributed by atoms with Crippen LogP contribution >= 0.6 is 0 Å². The van der Waals surface area contributed by atoms with E-state index in [0.29, 0.717) is 11.6 Å². The number of aliphatic hydroxyl groups excluding tert-OH is 1. The Morgan fingerprint density at radius 3 is 2.00 bits per heavy atom. The second-order valence-corrected chi connectivity index (χ2v) is 5.38. The third-order valence-electron chi connectivity index (χ3n) is 3.35. The zero-order valence-electron chi connectivity index (χ0n) is 12.1. The van der Waals surface area contributed by atoms with Crippen molar-refractivity contribution < 1.29 is 13.9 Å².